The smallest absolute Gasteiger partial charge is 0.185 e. The molecule has 1 aromatic carbocycles. The Kier molecular flexibility index (Phi) is 6.14. The number of rotatable bonds is 5. The van der Waals surface area contributed by atoms with Crippen molar-refractivity contribution in [1.82, 2.24) is 4.90 Å². The maximum atomic E-state index is 14.2. The number of amidine groups is 1. The lowest BCUT2D eigenvalue weighted by atomic mass is 9.93. The van der Waals surface area contributed by atoms with Crippen LogP contribution >= 0.6 is 17.0 Å². The molecule has 146 valence electrons. The molecular formula is C20H24BrFN2O3. The Labute approximate surface area is 168 Å². The van der Waals surface area contributed by atoms with Gasteiger partial charge in [-0.3, -0.25) is 10.2 Å². The van der Waals surface area contributed by atoms with E-state index >= 15 is 0 Å². The van der Waals surface area contributed by atoms with Gasteiger partial charge in [-0.15, -0.1) is 17.0 Å². The van der Waals surface area contributed by atoms with Gasteiger partial charge in [0, 0.05) is 17.5 Å². The zero-order valence-corrected chi connectivity index (χ0v) is 17.6. The number of nitrogens with zero attached hydrogens (tertiary/aromatic N) is 1. The van der Waals surface area contributed by atoms with Crippen molar-refractivity contribution in [2.45, 2.75) is 39.7 Å². The van der Waals surface area contributed by atoms with Crippen molar-refractivity contribution >= 4 is 28.6 Å². The summed E-state index contributed by atoms with van der Waals surface area (Å²) in [5.74, 6) is 0.654. The molecule has 1 aliphatic heterocycles. The van der Waals surface area contributed by atoms with Crippen molar-refractivity contribution in [2.24, 2.45) is 0 Å². The minimum atomic E-state index is -0.471. The minimum Gasteiger partial charge on any atom is -0.493 e. The Balaban J connectivity index is 0.00000261. The van der Waals surface area contributed by atoms with Crippen LogP contribution < -0.4 is 4.74 Å². The molecule has 3 rings (SSSR count). The van der Waals surface area contributed by atoms with Crippen LogP contribution in [0.3, 0.4) is 0 Å². The third kappa shape index (κ3) is 4.08. The predicted octanol–water partition coefficient (Wildman–Crippen LogP) is 4.72. The summed E-state index contributed by atoms with van der Waals surface area (Å²) in [5.41, 5.74) is 1.10. The molecule has 0 unspecified atom stereocenters. The van der Waals surface area contributed by atoms with E-state index in [9.17, 15) is 9.18 Å². The summed E-state index contributed by atoms with van der Waals surface area (Å²) < 4.78 is 25.2. The van der Waals surface area contributed by atoms with Gasteiger partial charge in [-0.2, -0.15) is 0 Å². The summed E-state index contributed by atoms with van der Waals surface area (Å²) in [5, 5.41) is 8.27. The number of furan rings is 1. The van der Waals surface area contributed by atoms with Gasteiger partial charge in [-0.25, -0.2) is 4.39 Å². The van der Waals surface area contributed by atoms with E-state index in [-0.39, 0.29) is 52.7 Å². The summed E-state index contributed by atoms with van der Waals surface area (Å²) >= 11 is 0. The largest absolute Gasteiger partial charge is 0.493 e. The predicted molar refractivity (Wildman–Crippen MR) is 107 cm³/mol. The Morgan fingerprint density at radius 3 is 2.67 bits per heavy atom. The van der Waals surface area contributed by atoms with Crippen LogP contribution in [-0.4, -0.2) is 29.7 Å². The highest BCUT2D eigenvalue weighted by Crippen LogP contribution is 2.33. The minimum absolute atomic E-state index is 0. The van der Waals surface area contributed by atoms with Crippen molar-refractivity contribution in [3.8, 4) is 5.75 Å². The van der Waals surface area contributed by atoms with Crippen LogP contribution in [0.2, 0.25) is 0 Å². The number of fused-ring (bicyclic) bond motifs is 1. The molecule has 1 N–H and O–H groups in total. The highest BCUT2D eigenvalue weighted by molar-refractivity contribution is 8.93. The molecule has 0 spiro atoms. The van der Waals surface area contributed by atoms with Crippen molar-refractivity contribution in [2.75, 3.05) is 13.2 Å². The van der Waals surface area contributed by atoms with Crippen molar-refractivity contribution in [1.29, 1.82) is 5.41 Å². The van der Waals surface area contributed by atoms with Gasteiger partial charge >= 0.3 is 0 Å². The number of benzene rings is 1. The molecule has 27 heavy (non-hydrogen) atoms. The number of ether oxygens (including phenoxy) is 1. The fourth-order valence-electron chi connectivity index (χ4n) is 3.01. The fourth-order valence-corrected chi connectivity index (χ4v) is 3.01. The van der Waals surface area contributed by atoms with Crippen LogP contribution in [0, 0.1) is 11.2 Å². The molecule has 0 saturated carbocycles. The van der Waals surface area contributed by atoms with E-state index in [1.54, 1.807) is 17.0 Å². The summed E-state index contributed by atoms with van der Waals surface area (Å²) in [4.78, 5) is 14.2. The number of Topliss-reactive ketones (excluding diaryl/α,β-unsaturated/α-hetero) is 1. The number of carbonyl (C=O) groups excluding carboxylic acids is 1. The number of halogens is 2. The van der Waals surface area contributed by atoms with E-state index in [2.05, 4.69) is 0 Å². The fraction of sp³-hybridized carbons (Fsp3) is 0.400. The normalized spacial score (nSPS) is 13.4. The first-order chi connectivity index (χ1) is 12.2. The zero-order valence-electron chi connectivity index (χ0n) is 15.9. The summed E-state index contributed by atoms with van der Waals surface area (Å²) in [6.07, 6.45) is 1.45. The van der Waals surface area contributed by atoms with Gasteiger partial charge in [-0.1, -0.05) is 20.8 Å². The Morgan fingerprint density at radius 2 is 2.07 bits per heavy atom. The van der Waals surface area contributed by atoms with Crippen molar-refractivity contribution in [3.05, 3.63) is 52.7 Å². The number of hydrogen-bond acceptors (Lipinski definition) is 4. The number of carbonyl (C=O) groups is 1. The van der Waals surface area contributed by atoms with E-state index in [0.29, 0.717) is 23.5 Å². The first-order valence-electron chi connectivity index (χ1n) is 8.62. The van der Waals surface area contributed by atoms with E-state index in [1.807, 2.05) is 27.7 Å². The lowest BCUT2D eigenvalue weighted by Crippen LogP contribution is -2.30. The molecule has 2 aromatic rings. The second-order valence-corrected chi connectivity index (χ2v) is 7.41. The second-order valence-electron chi connectivity index (χ2n) is 7.41. The van der Waals surface area contributed by atoms with Gasteiger partial charge in [0.1, 0.15) is 29.4 Å². The lowest BCUT2D eigenvalue weighted by Gasteiger charge is -2.16. The molecule has 7 heteroatoms. The van der Waals surface area contributed by atoms with E-state index in [0.717, 1.165) is 5.76 Å². The molecule has 2 heterocycles. The van der Waals surface area contributed by atoms with Gasteiger partial charge in [-0.05, 0) is 25.1 Å². The second kappa shape index (κ2) is 7.84. The van der Waals surface area contributed by atoms with E-state index < -0.39 is 5.82 Å². The molecule has 5 nitrogen and oxygen atoms in total. The zero-order chi connectivity index (χ0) is 19.1. The highest BCUT2D eigenvalue weighted by atomic mass is 79.9. The van der Waals surface area contributed by atoms with Gasteiger partial charge < -0.3 is 14.1 Å². The molecule has 0 radical (unpaired) electrons. The van der Waals surface area contributed by atoms with Crippen molar-refractivity contribution in [3.63, 3.8) is 0 Å². The molecule has 0 saturated heterocycles. The van der Waals surface area contributed by atoms with Gasteiger partial charge in [0.05, 0.1) is 24.3 Å². The summed E-state index contributed by atoms with van der Waals surface area (Å²) in [6, 6.07) is 4.61. The molecule has 1 aliphatic rings. The third-order valence-electron chi connectivity index (χ3n) is 4.42. The Bertz CT molecular complexity index is 871. The standard InChI is InChI=1S/C20H23FN2O3.BrH/c1-5-25-16-7-6-14(21)18-13(16)9-23(19(18)22)10-15(24)12-8-17(26-11-12)20(2,3)4;/h6-8,11,22H,5,9-10H2,1-4H3;1H. The van der Waals surface area contributed by atoms with Crippen LogP contribution in [0.15, 0.2) is 28.9 Å². The topological polar surface area (TPSA) is 66.5 Å². The van der Waals surface area contributed by atoms with Gasteiger partial charge in [0.25, 0.3) is 0 Å². The third-order valence-corrected chi connectivity index (χ3v) is 4.42. The molecular weight excluding hydrogens is 415 g/mol. The molecule has 0 amide bonds. The van der Waals surface area contributed by atoms with E-state index in [1.165, 1.54) is 12.3 Å². The quantitative estimate of drug-likeness (QED) is 0.685. The first-order valence-corrected chi connectivity index (χ1v) is 8.62. The van der Waals surface area contributed by atoms with E-state index in [4.69, 9.17) is 14.6 Å². The first kappa shape index (κ1) is 21.2. The number of hydrogen-bond donors (Lipinski definition) is 1. The van der Waals surface area contributed by atoms with Gasteiger partial charge in [0.15, 0.2) is 5.78 Å². The van der Waals surface area contributed by atoms with Crippen LogP contribution in [-0.2, 0) is 12.0 Å². The van der Waals surface area contributed by atoms with Crippen molar-refractivity contribution < 1.29 is 18.3 Å². The maximum Gasteiger partial charge on any atom is 0.185 e. The number of ketones is 1. The molecule has 0 bridgehead atoms. The van der Waals surface area contributed by atoms with Crippen LogP contribution in [0.4, 0.5) is 4.39 Å². The number of nitrogens with one attached hydrogen (secondary N) is 1. The maximum absolute atomic E-state index is 14.2. The van der Waals surface area contributed by atoms with Crippen LogP contribution in [0.25, 0.3) is 0 Å². The summed E-state index contributed by atoms with van der Waals surface area (Å²) in [6.45, 7) is 8.58. The average molecular weight is 439 g/mol. The SMILES string of the molecule is Br.CCOc1ccc(F)c2c1CN(CC(=O)c1coc(C(C)(C)C)c1)C2=N. The molecule has 1 aromatic heterocycles. The van der Waals surface area contributed by atoms with Crippen LogP contribution in [0.5, 0.6) is 5.75 Å². The molecule has 0 fully saturated rings. The Morgan fingerprint density at radius 1 is 1.37 bits per heavy atom. The molecule has 0 atom stereocenters. The van der Waals surface area contributed by atoms with Crippen LogP contribution in [0.1, 0.15) is 54.9 Å². The monoisotopic (exact) mass is 438 g/mol. The van der Waals surface area contributed by atoms with Gasteiger partial charge in [0.2, 0.25) is 0 Å². The molecule has 0 aliphatic carbocycles. The Hall–Kier alpha value is -2.15. The lowest BCUT2D eigenvalue weighted by molar-refractivity contribution is 0.0961. The summed E-state index contributed by atoms with van der Waals surface area (Å²) in [7, 11) is 0. The highest BCUT2D eigenvalue weighted by Gasteiger charge is 2.32. The average Bonchev–Trinajstić information content (AvgIpc) is 3.17.